The van der Waals surface area contributed by atoms with Crippen LogP contribution in [0.2, 0.25) is 0 Å². The molecule has 0 aromatic heterocycles. The van der Waals surface area contributed by atoms with Crippen LogP contribution in [0.25, 0.3) is 0 Å². The zero-order chi connectivity index (χ0) is 13.9. The van der Waals surface area contributed by atoms with E-state index >= 15 is 0 Å². The van der Waals surface area contributed by atoms with Crippen LogP contribution in [0, 0.1) is 10.8 Å². The highest BCUT2D eigenvalue weighted by Gasteiger charge is 2.69. The van der Waals surface area contributed by atoms with Gasteiger partial charge < -0.3 is 5.32 Å². The van der Waals surface area contributed by atoms with Crippen molar-refractivity contribution in [2.24, 2.45) is 10.8 Å². The van der Waals surface area contributed by atoms with Gasteiger partial charge in [-0.05, 0) is 10.8 Å². The summed E-state index contributed by atoms with van der Waals surface area (Å²) in [6, 6.07) is -0.685. The molecule has 1 aliphatic rings. The summed E-state index contributed by atoms with van der Waals surface area (Å²) < 4.78 is 61.1. The molecule has 0 heterocycles. The molecule has 1 fully saturated rings. The molecule has 1 rings (SSSR count). The van der Waals surface area contributed by atoms with Crippen LogP contribution in [0.3, 0.4) is 0 Å². The smallest absolute Gasteiger partial charge is 0.347 e. The summed E-state index contributed by atoms with van der Waals surface area (Å²) in [5.74, 6) is -7.63. The van der Waals surface area contributed by atoms with Crippen LogP contribution < -0.4 is 5.32 Å². The van der Waals surface area contributed by atoms with Gasteiger partial charge in [0.25, 0.3) is 0 Å². The Morgan fingerprint density at radius 3 is 1.59 bits per heavy atom. The van der Waals surface area contributed by atoms with E-state index in [2.05, 4.69) is 0 Å². The molecule has 1 amide bonds. The van der Waals surface area contributed by atoms with E-state index in [1.807, 2.05) is 0 Å². The Hall–Kier alpha value is -0.880. The second-order valence-electron chi connectivity index (χ2n) is 5.42. The maximum Gasteiger partial charge on any atom is 0.463 e. The van der Waals surface area contributed by atoms with Gasteiger partial charge in [0, 0.05) is 6.04 Å². The summed E-state index contributed by atoms with van der Waals surface area (Å²) in [5.41, 5.74) is -0.991. The molecule has 0 aromatic rings. The number of carbonyl (C=O) groups excluding carboxylic acids is 1. The topological polar surface area (TPSA) is 29.1 Å². The summed E-state index contributed by atoms with van der Waals surface area (Å²) in [4.78, 5) is 11.0. The van der Waals surface area contributed by atoms with Crippen molar-refractivity contribution < 1.29 is 26.7 Å². The molecule has 1 saturated carbocycles. The number of alkyl halides is 5. The average molecular weight is 259 g/mol. The number of nitrogens with one attached hydrogen (secondary N) is 1. The van der Waals surface area contributed by atoms with Crippen LogP contribution in [0.5, 0.6) is 0 Å². The van der Waals surface area contributed by atoms with Crippen LogP contribution >= 0.6 is 0 Å². The normalized spacial score (nSPS) is 23.4. The third-order valence-electron chi connectivity index (χ3n) is 3.94. The number of hydrogen-bond donors (Lipinski definition) is 1. The van der Waals surface area contributed by atoms with Gasteiger partial charge in [0.2, 0.25) is 0 Å². The Morgan fingerprint density at radius 1 is 1.00 bits per heavy atom. The molecule has 0 radical (unpaired) electrons. The lowest BCUT2D eigenvalue weighted by Crippen LogP contribution is -2.51. The van der Waals surface area contributed by atoms with Crippen molar-refractivity contribution in [2.45, 2.75) is 45.8 Å². The second kappa shape index (κ2) is 3.32. The zero-order valence-electron chi connectivity index (χ0n) is 9.88. The van der Waals surface area contributed by atoms with Gasteiger partial charge in [-0.3, -0.25) is 4.79 Å². The maximum absolute atomic E-state index is 12.7. The number of halogens is 5. The minimum Gasteiger partial charge on any atom is -0.347 e. The Balaban J connectivity index is 2.77. The van der Waals surface area contributed by atoms with Crippen LogP contribution in [-0.4, -0.2) is 24.0 Å². The molecule has 0 saturated heterocycles. The lowest BCUT2D eigenvalue weighted by Gasteiger charge is -2.19. The van der Waals surface area contributed by atoms with Crippen molar-refractivity contribution in [1.29, 1.82) is 0 Å². The van der Waals surface area contributed by atoms with Gasteiger partial charge in [0.1, 0.15) is 0 Å². The molecule has 0 aromatic carbocycles. The van der Waals surface area contributed by atoms with Gasteiger partial charge in [0.05, 0.1) is 0 Å². The molecule has 2 nitrogen and oxygen atoms in total. The molecule has 1 N–H and O–H groups in total. The van der Waals surface area contributed by atoms with Crippen molar-refractivity contribution in [3.05, 3.63) is 0 Å². The molecular formula is C10H14F5NO. The van der Waals surface area contributed by atoms with Crippen LogP contribution in [0.4, 0.5) is 22.0 Å². The number of amides is 1. The first kappa shape index (κ1) is 14.2. The molecule has 0 atom stereocenters. The highest BCUT2D eigenvalue weighted by Crippen LogP contribution is 2.62. The zero-order valence-corrected chi connectivity index (χ0v) is 9.88. The van der Waals surface area contributed by atoms with E-state index in [-0.39, 0.29) is 0 Å². The molecular weight excluding hydrogens is 245 g/mol. The van der Waals surface area contributed by atoms with Crippen molar-refractivity contribution in [1.82, 2.24) is 5.32 Å². The first-order chi connectivity index (χ1) is 7.26. The quantitative estimate of drug-likeness (QED) is 0.759. The fourth-order valence-electron chi connectivity index (χ4n) is 1.91. The highest BCUT2D eigenvalue weighted by molar-refractivity contribution is 5.85. The van der Waals surface area contributed by atoms with E-state index in [0.29, 0.717) is 0 Å². The SMILES string of the molecule is CC1(C)C(NC(=O)C(F)(F)C(F)(F)F)C1(C)C. The van der Waals surface area contributed by atoms with Crippen LogP contribution in [0.15, 0.2) is 0 Å². The molecule has 1 aliphatic carbocycles. The van der Waals surface area contributed by atoms with Gasteiger partial charge in [-0.1, -0.05) is 27.7 Å². The third kappa shape index (κ3) is 1.89. The van der Waals surface area contributed by atoms with Crippen molar-refractivity contribution >= 4 is 5.91 Å². The summed E-state index contributed by atoms with van der Waals surface area (Å²) in [7, 11) is 0. The van der Waals surface area contributed by atoms with E-state index in [0.717, 1.165) is 0 Å². The Bertz CT molecular complexity index is 331. The maximum atomic E-state index is 12.7. The molecule has 0 spiro atoms. The lowest BCUT2D eigenvalue weighted by atomic mass is 10.0. The van der Waals surface area contributed by atoms with Gasteiger partial charge >= 0.3 is 18.0 Å². The van der Waals surface area contributed by atoms with Crippen molar-refractivity contribution in [3.63, 3.8) is 0 Å². The van der Waals surface area contributed by atoms with E-state index in [9.17, 15) is 26.7 Å². The summed E-state index contributed by atoms with van der Waals surface area (Å²) in [5, 5.41) is 1.77. The largest absolute Gasteiger partial charge is 0.463 e. The summed E-state index contributed by atoms with van der Waals surface area (Å²) in [6.45, 7) is 6.79. The van der Waals surface area contributed by atoms with E-state index in [1.165, 1.54) is 0 Å². The Kier molecular flexibility index (Phi) is 2.77. The van der Waals surface area contributed by atoms with Crippen LogP contribution in [-0.2, 0) is 4.79 Å². The first-order valence-electron chi connectivity index (χ1n) is 5.02. The summed E-state index contributed by atoms with van der Waals surface area (Å²) >= 11 is 0. The summed E-state index contributed by atoms with van der Waals surface area (Å²) in [6.07, 6.45) is -5.86. The lowest BCUT2D eigenvalue weighted by molar-refractivity contribution is -0.269. The molecule has 0 bridgehead atoms. The van der Waals surface area contributed by atoms with E-state index in [1.54, 1.807) is 33.0 Å². The van der Waals surface area contributed by atoms with E-state index < -0.39 is 34.9 Å². The molecule has 7 heteroatoms. The predicted molar refractivity (Wildman–Crippen MR) is 50.5 cm³/mol. The fraction of sp³-hybridized carbons (Fsp3) is 0.900. The average Bonchev–Trinajstić information content (AvgIpc) is 2.45. The third-order valence-corrected chi connectivity index (χ3v) is 3.94. The minimum atomic E-state index is -5.86. The standard InChI is InChI=1S/C10H14F5NO/c1-7(2)5(8(7,3)4)16-6(17)9(11,12)10(13,14)15/h5H,1-4H3,(H,16,17). The minimum absolute atomic E-state index is 0.496. The molecule has 17 heavy (non-hydrogen) atoms. The molecule has 100 valence electrons. The van der Waals surface area contributed by atoms with E-state index in [4.69, 9.17) is 0 Å². The van der Waals surface area contributed by atoms with Gasteiger partial charge in [0.15, 0.2) is 0 Å². The molecule has 0 unspecified atom stereocenters. The second-order valence-corrected chi connectivity index (χ2v) is 5.42. The highest BCUT2D eigenvalue weighted by atomic mass is 19.4. The Morgan fingerprint density at radius 2 is 1.35 bits per heavy atom. The first-order valence-corrected chi connectivity index (χ1v) is 5.02. The predicted octanol–water partition coefficient (Wildman–Crippen LogP) is 2.73. The Labute approximate surface area is 95.6 Å². The molecule has 0 aliphatic heterocycles. The van der Waals surface area contributed by atoms with Crippen molar-refractivity contribution in [3.8, 4) is 0 Å². The number of hydrogen-bond acceptors (Lipinski definition) is 1. The van der Waals surface area contributed by atoms with Gasteiger partial charge in [-0.2, -0.15) is 22.0 Å². The monoisotopic (exact) mass is 259 g/mol. The fourth-order valence-corrected chi connectivity index (χ4v) is 1.91. The van der Waals surface area contributed by atoms with Gasteiger partial charge in [-0.15, -0.1) is 0 Å². The van der Waals surface area contributed by atoms with Gasteiger partial charge in [-0.25, -0.2) is 0 Å². The number of carbonyl (C=O) groups is 1. The van der Waals surface area contributed by atoms with Crippen LogP contribution in [0.1, 0.15) is 27.7 Å². The van der Waals surface area contributed by atoms with Crippen molar-refractivity contribution in [2.75, 3.05) is 0 Å². The number of rotatable bonds is 2.